The van der Waals surface area contributed by atoms with E-state index in [1.165, 1.54) is 154 Å². The van der Waals surface area contributed by atoms with E-state index in [4.69, 9.17) is 5.73 Å². The summed E-state index contributed by atoms with van der Waals surface area (Å²) in [5.41, 5.74) is 10.7. The molecule has 0 amide bonds. The predicted octanol–water partition coefficient (Wildman–Crippen LogP) is 9.92. The maximum absolute atomic E-state index is 7.20. The predicted molar refractivity (Wildman–Crippen MR) is 218 cm³/mol. The van der Waals surface area contributed by atoms with Crippen molar-refractivity contribution in [2.24, 2.45) is 53.1 Å². The van der Waals surface area contributed by atoms with Gasteiger partial charge in [0.05, 0.1) is 18.4 Å². The lowest BCUT2D eigenvalue weighted by Gasteiger charge is -2.46. The number of fused-ring (bicyclic) bond motifs is 8. The molecule has 0 spiro atoms. The van der Waals surface area contributed by atoms with E-state index in [2.05, 4.69) is 56.9 Å². The van der Waals surface area contributed by atoms with Gasteiger partial charge in [-0.25, -0.2) is 0 Å². The second-order valence-corrected chi connectivity index (χ2v) is 20.2. The van der Waals surface area contributed by atoms with Gasteiger partial charge in [-0.3, -0.25) is 10.6 Å². The molecule has 5 nitrogen and oxygen atoms in total. The molecular weight excluding hydrogens is 647 g/mol. The minimum absolute atomic E-state index is 0.0838. The molecule has 0 bridgehead atoms. The molecule has 0 aromatic heterocycles. The Bertz CT molecular complexity index is 1390. The molecule has 292 valence electrons. The van der Waals surface area contributed by atoms with Crippen LogP contribution in [0.25, 0.3) is 0 Å². The van der Waals surface area contributed by atoms with Crippen LogP contribution in [0.5, 0.6) is 0 Å². The zero-order chi connectivity index (χ0) is 35.3. The Morgan fingerprint density at radius 3 is 2.28 bits per heavy atom. The molecule has 5 heteroatoms. The van der Waals surface area contributed by atoms with Gasteiger partial charge in [0.25, 0.3) is 0 Å². The van der Waals surface area contributed by atoms with Gasteiger partial charge < -0.3 is 15.5 Å². The SMILES string of the molecule is NC(NC(NC1CCCCC1)C1CCCCC1)C1CC=C(N2C3C=C4C(CC3C3CCCCC32)C2C3CCC=CC3CCC2N4C2CC=CCC2)CC1. The average molecular weight is 722 g/mol. The minimum Gasteiger partial charge on any atom is -0.368 e. The molecule has 10 aliphatic rings. The molecule has 4 saturated carbocycles. The maximum atomic E-state index is 7.20. The van der Waals surface area contributed by atoms with Crippen molar-refractivity contribution in [1.82, 2.24) is 20.4 Å². The van der Waals surface area contributed by atoms with E-state index in [1.807, 2.05) is 5.70 Å². The number of rotatable bonds is 8. The van der Waals surface area contributed by atoms with Crippen molar-refractivity contribution >= 4 is 0 Å². The normalized spacial score (nSPS) is 42.8. The highest BCUT2D eigenvalue weighted by atomic mass is 15.3. The van der Waals surface area contributed by atoms with Crippen LogP contribution in [0, 0.1) is 47.3 Å². The topological polar surface area (TPSA) is 56.6 Å². The number of nitrogens with zero attached hydrogens (tertiary/aromatic N) is 2. The van der Waals surface area contributed by atoms with E-state index >= 15 is 0 Å². The van der Waals surface area contributed by atoms with Crippen molar-refractivity contribution in [1.29, 1.82) is 0 Å². The van der Waals surface area contributed by atoms with Crippen LogP contribution >= 0.6 is 0 Å². The van der Waals surface area contributed by atoms with Gasteiger partial charge in [-0.05, 0) is 157 Å². The largest absolute Gasteiger partial charge is 0.368 e. The summed E-state index contributed by atoms with van der Waals surface area (Å²) < 4.78 is 0. The van der Waals surface area contributed by atoms with Crippen LogP contribution in [0.15, 0.2) is 47.9 Å². The molecule has 53 heavy (non-hydrogen) atoms. The second kappa shape index (κ2) is 15.8. The van der Waals surface area contributed by atoms with Gasteiger partial charge in [-0.1, -0.05) is 81.7 Å². The smallest absolute Gasteiger partial charge is 0.0614 e. The Hall–Kier alpha value is -1.56. The summed E-state index contributed by atoms with van der Waals surface area (Å²) in [5.74, 6) is 6.49. The Morgan fingerprint density at radius 1 is 0.660 bits per heavy atom. The van der Waals surface area contributed by atoms with Crippen molar-refractivity contribution in [3.8, 4) is 0 Å². The number of nitrogens with one attached hydrogen (secondary N) is 2. The molecule has 0 aromatic carbocycles. The number of likely N-dealkylation sites (tertiary alicyclic amines) is 2. The highest BCUT2D eigenvalue weighted by Crippen LogP contribution is 2.61. The van der Waals surface area contributed by atoms with Gasteiger partial charge in [-0.2, -0.15) is 0 Å². The summed E-state index contributed by atoms with van der Waals surface area (Å²) in [7, 11) is 0. The standard InChI is InChI=1S/C48H75N5/c49-47(51-48(34-15-4-1-5-16-34)50-35-17-6-2-7-18-35)33-24-27-37(28-25-33)52-42-23-13-12-22-39(42)40-30-41-45(31-44(40)52)53(36-19-8-3-9-20-36)43-29-26-32-14-10-11-21-38(32)46(41)43/h3,8,10,14,27,31-36,38-44,46-48,50-51H,1-2,4-7,9,11-13,15-26,28-30,49H2. The quantitative estimate of drug-likeness (QED) is 0.172. The third kappa shape index (κ3) is 6.85. The molecule has 13 atom stereocenters. The Labute approximate surface area is 323 Å². The van der Waals surface area contributed by atoms with E-state index in [0.717, 1.165) is 66.0 Å². The van der Waals surface area contributed by atoms with Gasteiger partial charge in [0.15, 0.2) is 0 Å². The van der Waals surface area contributed by atoms with Gasteiger partial charge in [0.2, 0.25) is 0 Å². The molecule has 10 rings (SSSR count). The molecule has 2 aliphatic heterocycles. The molecule has 8 aliphatic carbocycles. The first kappa shape index (κ1) is 35.8. The second-order valence-electron chi connectivity index (χ2n) is 20.2. The van der Waals surface area contributed by atoms with Crippen LogP contribution in [0.3, 0.4) is 0 Å². The van der Waals surface area contributed by atoms with Crippen molar-refractivity contribution in [3.05, 3.63) is 47.9 Å². The fourth-order valence-electron chi connectivity index (χ4n) is 15.1. The first-order valence-corrected chi connectivity index (χ1v) is 23.8. The van der Waals surface area contributed by atoms with Crippen LogP contribution in [-0.4, -0.2) is 52.3 Å². The number of nitrogens with two attached hydrogens (primary N) is 1. The van der Waals surface area contributed by atoms with Crippen LogP contribution in [0.2, 0.25) is 0 Å². The van der Waals surface area contributed by atoms with E-state index < -0.39 is 0 Å². The van der Waals surface area contributed by atoms with Crippen molar-refractivity contribution in [2.75, 3.05) is 0 Å². The van der Waals surface area contributed by atoms with Crippen LogP contribution in [-0.2, 0) is 0 Å². The summed E-state index contributed by atoms with van der Waals surface area (Å²) >= 11 is 0. The molecule has 2 saturated heterocycles. The van der Waals surface area contributed by atoms with Crippen molar-refractivity contribution in [2.45, 2.75) is 203 Å². The number of hydrogen-bond donors (Lipinski definition) is 3. The lowest BCUT2D eigenvalue weighted by atomic mass is 9.60. The lowest BCUT2D eigenvalue weighted by molar-refractivity contribution is 0.0650. The highest BCUT2D eigenvalue weighted by molar-refractivity contribution is 5.31. The number of hydrogen-bond acceptors (Lipinski definition) is 5. The first-order valence-electron chi connectivity index (χ1n) is 23.8. The van der Waals surface area contributed by atoms with Gasteiger partial charge >= 0.3 is 0 Å². The fraction of sp³-hybridized carbons (Fsp3) is 0.833. The van der Waals surface area contributed by atoms with Gasteiger partial charge in [0, 0.05) is 41.5 Å². The van der Waals surface area contributed by atoms with E-state index in [-0.39, 0.29) is 6.17 Å². The number of allylic oxidation sites excluding steroid dienone is 6. The first-order chi connectivity index (χ1) is 26.2. The van der Waals surface area contributed by atoms with Gasteiger partial charge in [0.1, 0.15) is 0 Å². The zero-order valence-electron chi connectivity index (χ0n) is 33.3. The minimum atomic E-state index is 0.0838. The summed E-state index contributed by atoms with van der Waals surface area (Å²) in [4.78, 5) is 6.22. The lowest BCUT2D eigenvalue weighted by Crippen LogP contribution is -2.59. The highest BCUT2D eigenvalue weighted by Gasteiger charge is 2.59. The zero-order valence-corrected chi connectivity index (χ0v) is 33.3. The molecule has 13 unspecified atom stereocenters. The molecular formula is C48H75N5. The van der Waals surface area contributed by atoms with Crippen LogP contribution < -0.4 is 16.4 Å². The molecule has 2 heterocycles. The molecule has 6 fully saturated rings. The van der Waals surface area contributed by atoms with Crippen LogP contribution in [0.4, 0.5) is 0 Å². The average Bonchev–Trinajstić information content (AvgIpc) is 3.73. The summed E-state index contributed by atoms with van der Waals surface area (Å²) in [5, 5.41) is 8.24. The monoisotopic (exact) mass is 722 g/mol. The summed E-state index contributed by atoms with van der Waals surface area (Å²) in [6, 6.07) is 3.57. The fourth-order valence-corrected chi connectivity index (χ4v) is 15.1. The Balaban J connectivity index is 0.899. The molecule has 0 aromatic rings. The van der Waals surface area contributed by atoms with Crippen LogP contribution in [0.1, 0.15) is 161 Å². The maximum Gasteiger partial charge on any atom is 0.0614 e. The summed E-state index contributed by atoms with van der Waals surface area (Å²) in [6.45, 7) is 0. The third-order valence-electron chi connectivity index (χ3n) is 17.6. The van der Waals surface area contributed by atoms with Gasteiger partial charge in [-0.15, -0.1) is 0 Å². The summed E-state index contributed by atoms with van der Waals surface area (Å²) in [6.07, 6.45) is 50.6. The third-order valence-corrected chi connectivity index (χ3v) is 17.6. The molecule has 4 N–H and O–H groups in total. The Kier molecular flexibility index (Phi) is 10.7. The van der Waals surface area contributed by atoms with E-state index in [0.29, 0.717) is 24.2 Å². The van der Waals surface area contributed by atoms with E-state index in [1.54, 1.807) is 5.70 Å². The molecule has 0 radical (unpaired) electrons. The van der Waals surface area contributed by atoms with Crippen molar-refractivity contribution < 1.29 is 0 Å². The van der Waals surface area contributed by atoms with Crippen molar-refractivity contribution in [3.63, 3.8) is 0 Å². The Morgan fingerprint density at radius 2 is 1.47 bits per heavy atom. The van der Waals surface area contributed by atoms with E-state index in [9.17, 15) is 0 Å².